The maximum Gasteiger partial charge on any atom is 3.00 e. The molecule has 357 valence electrons. The zero-order valence-electron chi connectivity index (χ0n) is 35.9. The summed E-state index contributed by atoms with van der Waals surface area (Å²) in [7, 11) is 0. The van der Waals surface area contributed by atoms with Crippen molar-refractivity contribution >= 4 is 75.8 Å². The minimum absolute atomic E-state index is 0. The molecule has 1 radical (unpaired) electrons. The van der Waals surface area contributed by atoms with Crippen LogP contribution < -0.4 is 47.9 Å². The van der Waals surface area contributed by atoms with Gasteiger partial charge >= 0.3 is 45.9 Å². The van der Waals surface area contributed by atoms with Gasteiger partial charge in [-0.1, -0.05) is 0 Å². The zero-order valence-corrected chi connectivity index (χ0v) is 38.1. The third-order valence-electron chi connectivity index (χ3n) is 10.2. The summed E-state index contributed by atoms with van der Waals surface area (Å²) in [6.07, 6.45) is 0.776. The largest absolute Gasteiger partial charge is 3.00 e. The van der Waals surface area contributed by atoms with Crippen molar-refractivity contribution in [3.8, 4) is 0 Å². The average Bonchev–Trinajstić information content (AvgIpc) is 3.25. The smallest absolute Gasteiger partial charge is 0.549 e. The van der Waals surface area contributed by atoms with Crippen molar-refractivity contribution in [1.29, 1.82) is 0 Å². The molecule has 2 aromatic carbocycles. The standard InChI is InChI=1S/C41H51N13O12.Gd/c42-41-49-37-36(40(66)50-41)46-29(20-44-37)19-43-26-3-1-25(2-4-26)38(64)48-30(9-10-32(56)57)39(65)47-28-7-5-27(6-8-28)45-31(55)21-51-11-13-52(22-33(58)59)15-17-54(24-35(62)63)18-16-53(14-12-51)23-34(60)61;/h1-8,20,30,43H,9-19,21-24H2,(H,45,55)(H,47,65)(H,48,64)(H,56,57)(H,58,59)(H,60,61)(H,62,63)(H3,42,44,49,50,66);/q;+3/p-3/i;1-4. The van der Waals surface area contributed by atoms with Gasteiger partial charge in [-0.25, -0.2) is 9.97 Å². The van der Waals surface area contributed by atoms with E-state index in [1.54, 1.807) is 26.8 Å². The van der Waals surface area contributed by atoms with Crippen molar-refractivity contribution in [3.05, 3.63) is 76.3 Å². The molecule has 1 atom stereocenters. The number of amides is 3. The first kappa shape index (κ1) is 53.3. The number of aliphatic carboxylic acids is 4. The van der Waals surface area contributed by atoms with E-state index in [1.807, 2.05) is 0 Å². The Kier molecular flexibility index (Phi) is 20.8. The van der Waals surface area contributed by atoms with Gasteiger partial charge in [0, 0.05) is 101 Å². The number of aromatic amines is 1. The van der Waals surface area contributed by atoms with Crippen LogP contribution in [0.5, 0.6) is 0 Å². The molecule has 2 aromatic heterocycles. The third kappa shape index (κ3) is 18.1. The van der Waals surface area contributed by atoms with Crippen LogP contribution in [0.3, 0.4) is 0 Å². The molecule has 3 amide bonds. The van der Waals surface area contributed by atoms with Crippen molar-refractivity contribution in [1.82, 2.24) is 44.9 Å². The number of H-pyrrole nitrogens is 1. The summed E-state index contributed by atoms with van der Waals surface area (Å²) in [5.41, 5.74) is 6.93. The third-order valence-corrected chi connectivity index (χ3v) is 10.2. The van der Waals surface area contributed by atoms with Crippen LogP contribution in [-0.4, -0.2) is 171 Å². The fourth-order valence-corrected chi connectivity index (χ4v) is 6.80. The molecule has 1 fully saturated rings. The molecule has 0 spiro atoms. The minimum atomic E-state index is -1.34. The molecular weight excluding hydrogens is 1020 g/mol. The molecule has 25 nitrogen and oxygen atoms in total. The monoisotopic (exact) mass is 1070 g/mol. The van der Waals surface area contributed by atoms with Crippen LogP contribution in [0.15, 0.2) is 59.5 Å². The molecule has 5 rings (SSSR count). The van der Waals surface area contributed by atoms with Crippen LogP contribution in [0.4, 0.5) is 23.0 Å². The van der Waals surface area contributed by atoms with E-state index in [4.69, 9.17) is 5.73 Å². The number of benzene rings is 2. The molecule has 67 heavy (non-hydrogen) atoms. The van der Waals surface area contributed by atoms with Crippen LogP contribution in [0.2, 0.25) is 0 Å². The molecule has 1 unspecified atom stereocenters. The molecule has 26 heteroatoms. The number of hydrogen-bond acceptors (Lipinski definition) is 20. The SMILES string of the molecule is Nc1nc2ncc(CNc3ccc(C(=O)NC(CCC(=O)O)C(=O)Nc4ccc(NC(=O)CN5CCN(CC(=O)[O-])CCN(CC(=O)[O-])CCN(CC(=O)[O-])CC5)cc4)cc3)nc2c(=O)[nH]1.[153Gd+3]. The van der Waals surface area contributed by atoms with Gasteiger partial charge in [-0.2, -0.15) is 4.98 Å². The van der Waals surface area contributed by atoms with E-state index in [-0.39, 0.29) is 140 Å². The molecule has 0 saturated carbocycles. The van der Waals surface area contributed by atoms with Gasteiger partial charge in [0.25, 0.3) is 11.5 Å². The number of hydrogen-bond donors (Lipinski definition) is 7. The van der Waals surface area contributed by atoms with Crippen molar-refractivity contribution in [2.75, 3.05) is 100 Å². The number of carbonyl (C=O) groups is 7. The summed E-state index contributed by atoms with van der Waals surface area (Å²) in [5, 5.41) is 54.7. The Labute approximate surface area is 414 Å². The van der Waals surface area contributed by atoms with Gasteiger partial charge in [0.05, 0.1) is 42.9 Å². The first-order valence-electron chi connectivity index (χ1n) is 20.6. The molecule has 3 heterocycles. The Morgan fingerprint density at radius 1 is 0.701 bits per heavy atom. The van der Waals surface area contributed by atoms with E-state index in [0.717, 1.165) is 0 Å². The number of nitrogens with zero attached hydrogens (tertiary/aromatic N) is 7. The summed E-state index contributed by atoms with van der Waals surface area (Å²) in [5.74, 6) is -7.09. The number of aromatic nitrogens is 4. The second-order valence-electron chi connectivity index (χ2n) is 15.2. The second kappa shape index (κ2) is 26.2. The Bertz CT molecular complexity index is 2410. The van der Waals surface area contributed by atoms with E-state index in [0.29, 0.717) is 17.1 Å². The van der Waals surface area contributed by atoms with Crippen LogP contribution in [0.25, 0.3) is 11.2 Å². The quantitative estimate of drug-likeness (QED) is 0.0462. The average molecular weight is 1070 g/mol. The van der Waals surface area contributed by atoms with Crippen LogP contribution in [0.1, 0.15) is 28.9 Å². The Hall–Kier alpha value is -6.29. The molecule has 0 bridgehead atoms. The van der Waals surface area contributed by atoms with Crippen molar-refractivity contribution < 1.29 is 93.9 Å². The fourth-order valence-electron chi connectivity index (χ4n) is 6.80. The van der Waals surface area contributed by atoms with E-state index in [1.165, 1.54) is 47.5 Å². The van der Waals surface area contributed by atoms with Crippen molar-refractivity contribution in [3.63, 3.8) is 0 Å². The van der Waals surface area contributed by atoms with Gasteiger partial charge in [0.15, 0.2) is 11.2 Å². The Morgan fingerprint density at radius 3 is 1.67 bits per heavy atom. The normalized spacial score (nSPS) is 14.9. The number of rotatable bonds is 19. The van der Waals surface area contributed by atoms with E-state index in [2.05, 4.69) is 41.2 Å². The zero-order chi connectivity index (χ0) is 47.8. The molecule has 8 N–H and O–H groups in total. The van der Waals surface area contributed by atoms with Crippen LogP contribution >= 0.6 is 0 Å². The maximum absolute atomic E-state index is 13.4. The topological polar surface area (TPSA) is 368 Å². The number of fused-ring (bicyclic) bond motifs is 1. The van der Waals surface area contributed by atoms with Gasteiger partial charge < -0.3 is 61.8 Å². The van der Waals surface area contributed by atoms with Crippen LogP contribution in [0, 0.1) is 39.9 Å². The van der Waals surface area contributed by atoms with Gasteiger partial charge in [-0.05, 0) is 55.0 Å². The van der Waals surface area contributed by atoms with E-state index < -0.39 is 79.3 Å². The van der Waals surface area contributed by atoms with Crippen molar-refractivity contribution in [2.45, 2.75) is 25.4 Å². The Balaban J connectivity index is 0.00000980. The molecular formula is C41H48GdN13O12. The first-order chi connectivity index (χ1) is 31.5. The Morgan fingerprint density at radius 2 is 1.18 bits per heavy atom. The summed E-state index contributed by atoms with van der Waals surface area (Å²) in [4.78, 5) is 119. The summed E-state index contributed by atoms with van der Waals surface area (Å²) >= 11 is 0. The predicted octanol–water partition coefficient (Wildman–Crippen LogP) is -5.08. The first-order valence-corrected chi connectivity index (χ1v) is 20.6. The van der Waals surface area contributed by atoms with Crippen molar-refractivity contribution in [2.24, 2.45) is 0 Å². The van der Waals surface area contributed by atoms with Gasteiger partial charge in [0.2, 0.25) is 17.8 Å². The van der Waals surface area contributed by atoms with Gasteiger partial charge in [0.1, 0.15) is 6.04 Å². The summed E-state index contributed by atoms with van der Waals surface area (Å²) in [6.45, 7) is -0.00141. The number of carboxylic acid groups (broad SMARTS) is 4. The predicted molar refractivity (Wildman–Crippen MR) is 229 cm³/mol. The maximum atomic E-state index is 13.4. The van der Waals surface area contributed by atoms with Gasteiger partial charge in [-0.15, -0.1) is 0 Å². The summed E-state index contributed by atoms with van der Waals surface area (Å²) < 4.78 is 0. The molecule has 1 aliphatic heterocycles. The minimum Gasteiger partial charge on any atom is -0.549 e. The molecule has 4 aromatic rings. The molecule has 1 saturated heterocycles. The van der Waals surface area contributed by atoms with E-state index in [9.17, 15) is 58.8 Å². The molecule has 0 aliphatic carbocycles. The number of nitrogens with two attached hydrogens (primary N) is 1. The number of anilines is 4. The van der Waals surface area contributed by atoms with E-state index >= 15 is 0 Å². The number of nitrogens with one attached hydrogen (secondary N) is 5. The van der Waals surface area contributed by atoms with Gasteiger partial charge in [-0.3, -0.25) is 48.6 Å². The number of nitrogen functional groups attached to an aromatic ring is 1. The number of carbonyl (C=O) groups excluding carboxylic acids is 6. The second-order valence-corrected chi connectivity index (χ2v) is 15.2. The molecule has 1 aliphatic rings. The summed E-state index contributed by atoms with van der Waals surface area (Å²) in [6, 6.07) is 10.9. The van der Waals surface area contributed by atoms with Crippen LogP contribution in [-0.2, 0) is 35.3 Å². The number of carboxylic acids is 4. The fraction of sp³-hybridized carbons (Fsp3) is 0.390.